The van der Waals surface area contributed by atoms with Crippen molar-refractivity contribution in [1.82, 2.24) is 9.97 Å². The molecule has 0 bridgehead atoms. The molecule has 0 amide bonds. The number of rotatable bonds is 2. The molecule has 0 saturated heterocycles. The van der Waals surface area contributed by atoms with Gasteiger partial charge >= 0.3 is 0 Å². The summed E-state index contributed by atoms with van der Waals surface area (Å²) in [7, 11) is 0. The van der Waals surface area contributed by atoms with Gasteiger partial charge in [0.15, 0.2) is 0 Å². The summed E-state index contributed by atoms with van der Waals surface area (Å²) in [5.41, 5.74) is 12.7. The van der Waals surface area contributed by atoms with Gasteiger partial charge in [0, 0.05) is 37.9 Å². The van der Waals surface area contributed by atoms with E-state index in [0.29, 0.717) is 0 Å². The SMILES string of the molecule is [Ir].[c-]1cc2c(cc1-c1ccccn1)CC1(C2)c2ccccc2-c2ccccc21.[c-]1ccccc1-c1ccccn1. The molecule has 195 valence electrons. The maximum atomic E-state index is 4.50. The normalized spacial score (nSPS) is 13.3. The van der Waals surface area contributed by atoms with Gasteiger partial charge in [0.1, 0.15) is 0 Å². The fraction of sp³-hybridized carbons (Fsp3) is 0.0811. The Morgan fingerprint density at radius 1 is 0.550 bits per heavy atom. The van der Waals surface area contributed by atoms with Gasteiger partial charge in [-0.1, -0.05) is 72.8 Å². The van der Waals surface area contributed by atoms with Crippen molar-refractivity contribution in [2.45, 2.75) is 18.3 Å². The van der Waals surface area contributed by atoms with E-state index in [9.17, 15) is 0 Å². The molecule has 0 N–H and O–H groups in total. The van der Waals surface area contributed by atoms with Gasteiger partial charge in [-0.2, -0.15) is 0 Å². The zero-order chi connectivity index (χ0) is 26.1. The minimum absolute atomic E-state index is 0. The van der Waals surface area contributed by atoms with Crippen molar-refractivity contribution >= 4 is 0 Å². The van der Waals surface area contributed by atoms with Gasteiger partial charge in [0.05, 0.1) is 0 Å². The van der Waals surface area contributed by atoms with Crippen LogP contribution in [0.4, 0.5) is 0 Å². The van der Waals surface area contributed by atoms with Gasteiger partial charge in [0.2, 0.25) is 0 Å². The Morgan fingerprint density at radius 3 is 1.73 bits per heavy atom. The number of hydrogen-bond donors (Lipinski definition) is 0. The molecule has 8 rings (SSSR count). The fourth-order valence-electron chi connectivity index (χ4n) is 6.15. The first-order valence-corrected chi connectivity index (χ1v) is 13.3. The van der Waals surface area contributed by atoms with E-state index < -0.39 is 0 Å². The number of aromatic nitrogens is 2. The summed E-state index contributed by atoms with van der Waals surface area (Å²) in [6.07, 6.45) is 5.73. The van der Waals surface area contributed by atoms with Crippen molar-refractivity contribution in [3.05, 3.63) is 168 Å². The van der Waals surface area contributed by atoms with E-state index in [-0.39, 0.29) is 25.5 Å². The number of fused-ring (bicyclic) bond motifs is 6. The topological polar surface area (TPSA) is 25.8 Å². The van der Waals surface area contributed by atoms with Crippen molar-refractivity contribution in [1.29, 1.82) is 0 Å². The Balaban J connectivity index is 0.000000188. The van der Waals surface area contributed by atoms with Crippen LogP contribution in [0.25, 0.3) is 33.6 Å². The minimum Gasteiger partial charge on any atom is -0.305 e. The second-order valence-electron chi connectivity index (χ2n) is 10.1. The summed E-state index contributed by atoms with van der Waals surface area (Å²) < 4.78 is 0. The molecule has 0 aliphatic heterocycles. The number of benzene rings is 4. The molecule has 2 aliphatic rings. The van der Waals surface area contributed by atoms with Gasteiger partial charge in [-0.25, -0.2) is 0 Å². The number of hydrogen-bond acceptors (Lipinski definition) is 2. The predicted molar refractivity (Wildman–Crippen MR) is 157 cm³/mol. The van der Waals surface area contributed by atoms with Crippen molar-refractivity contribution in [2.24, 2.45) is 0 Å². The van der Waals surface area contributed by atoms with Crippen LogP contribution in [0.2, 0.25) is 0 Å². The van der Waals surface area contributed by atoms with Gasteiger partial charge in [-0.05, 0) is 58.6 Å². The van der Waals surface area contributed by atoms with Crippen LogP contribution in [0.5, 0.6) is 0 Å². The first kappa shape index (κ1) is 26.1. The van der Waals surface area contributed by atoms with Crippen LogP contribution in [-0.2, 0) is 38.4 Å². The van der Waals surface area contributed by atoms with Crippen LogP contribution in [0, 0.1) is 12.1 Å². The summed E-state index contributed by atoms with van der Waals surface area (Å²) in [5, 5.41) is 0. The van der Waals surface area contributed by atoms with E-state index in [1.54, 1.807) is 6.20 Å². The Morgan fingerprint density at radius 2 is 1.12 bits per heavy atom. The third kappa shape index (κ3) is 4.62. The average molecular weight is 691 g/mol. The third-order valence-electron chi connectivity index (χ3n) is 7.88. The molecule has 2 heterocycles. The maximum Gasteiger partial charge on any atom is 0.0201 e. The quantitative estimate of drug-likeness (QED) is 0.172. The second-order valence-corrected chi connectivity index (χ2v) is 10.1. The van der Waals surface area contributed by atoms with E-state index in [4.69, 9.17) is 0 Å². The molecule has 0 unspecified atom stereocenters. The molecule has 6 aromatic rings. The van der Waals surface area contributed by atoms with Crippen LogP contribution < -0.4 is 0 Å². The van der Waals surface area contributed by atoms with Crippen LogP contribution >= 0.6 is 0 Å². The Bertz CT molecular complexity index is 1670. The zero-order valence-electron chi connectivity index (χ0n) is 21.8. The smallest absolute Gasteiger partial charge is 0.0201 e. The van der Waals surface area contributed by atoms with E-state index in [1.807, 2.05) is 60.8 Å². The van der Waals surface area contributed by atoms with Gasteiger partial charge in [-0.15, -0.1) is 70.8 Å². The van der Waals surface area contributed by atoms with E-state index in [1.165, 1.54) is 33.4 Å². The molecule has 0 atom stereocenters. The van der Waals surface area contributed by atoms with Crippen LogP contribution in [0.15, 0.2) is 134 Å². The molecular formula is C37H26IrN2-2. The molecule has 4 aromatic carbocycles. The Hall–Kier alpha value is -4.17. The molecule has 0 fully saturated rings. The van der Waals surface area contributed by atoms with E-state index >= 15 is 0 Å². The van der Waals surface area contributed by atoms with Crippen molar-refractivity contribution in [3.63, 3.8) is 0 Å². The number of nitrogens with zero attached hydrogens (tertiary/aromatic N) is 2. The molecule has 1 radical (unpaired) electrons. The summed E-state index contributed by atoms with van der Waals surface area (Å²) in [5.74, 6) is 0. The third-order valence-corrected chi connectivity index (χ3v) is 7.88. The van der Waals surface area contributed by atoms with Gasteiger partial charge in [0.25, 0.3) is 0 Å². The van der Waals surface area contributed by atoms with Gasteiger partial charge in [-0.3, -0.25) is 0 Å². The van der Waals surface area contributed by atoms with Crippen molar-refractivity contribution in [2.75, 3.05) is 0 Å². The molecule has 2 aliphatic carbocycles. The molecule has 1 spiro atoms. The van der Waals surface area contributed by atoms with E-state index in [2.05, 4.69) is 88.8 Å². The molecule has 2 nitrogen and oxygen atoms in total. The second kappa shape index (κ2) is 11.1. The molecule has 40 heavy (non-hydrogen) atoms. The van der Waals surface area contributed by atoms with Crippen LogP contribution in [0.3, 0.4) is 0 Å². The monoisotopic (exact) mass is 691 g/mol. The summed E-state index contributed by atoms with van der Waals surface area (Å²) >= 11 is 0. The summed E-state index contributed by atoms with van der Waals surface area (Å²) in [6.45, 7) is 0. The minimum atomic E-state index is 0. The fourth-order valence-corrected chi connectivity index (χ4v) is 6.15. The zero-order valence-corrected chi connectivity index (χ0v) is 24.2. The van der Waals surface area contributed by atoms with Gasteiger partial charge < -0.3 is 9.97 Å². The Labute approximate surface area is 249 Å². The van der Waals surface area contributed by atoms with E-state index in [0.717, 1.165) is 35.4 Å². The largest absolute Gasteiger partial charge is 0.305 e. The Kier molecular flexibility index (Phi) is 7.26. The average Bonchev–Trinajstić information content (AvgIpc) is 3.54. The van der Waals surface area contributed by atoms with Crippen molar-refractivity contribution < 1.29 is 20.1 Å². The van der Waals surface area contributed by atoms with Crippen molar-refractivity contribution in [3.8, 4) is 33.6 Å². The predicted octanol–water partition coefficient (Wildman–Crippen LogP) is 8.16. The molecule has 0 saturated carbocycles. The summed E-state index contributed by atoms with van der Waals surface area (Å²) in [4.78, 5) is 8.72. The molecular weight excluding hydrogens is 665 g/mol. The standard InChI is InChI=1S/C26H18N.C11H8N.Ir/c1-3-9-23-21(7-1)22-8-2-4-10-24(22)26(23)16-19-13-12-18(15-20(19)17-26)25-11-5-6-14-27-25;1-2-6-10(7-3-1)11-8-4-5-9-12-11;/h1-11,13-15H,16-17H2;1-6,8-9H;/q2*-1;. The molecule has 2 aromatic heterocycles. The van der Waals surface area contributed by atoms with Crippen LogP contribution in [-0.4, -0.2) is 9.97 Å². The first-order valence-electron chi connectivity index (χ1n) is 13.3. The maximum absolute atomic E-state index is 4.50. The molecule has 3 heteroatoms. The number of pyridine rings is 2. The first-order chi connectivity index (χ1) is 19.3. The van der Waals surface area contributed by atoms with Crippen LogP contribution in [0.1, 0.15) is 22.3 Å². The summed E-state index contributed by atoms with van der Waals surface area (Å²) in [6, 6.07) is 48.7.